The van der Waals surface area contributed by atoms with E-state index in [1.165, 1.54) is 4.90 Å². The smallest absolute Gasteiger partial charge is 0.310 e. The van der Waals surface area contributed by atoms with Crippen molar-refractivity contribution in [1.29, 1.82) is 0 Å². The van der Waals surface area contributed by atoms with Gasteiger partial charge < -0.3 is 4.90 Å². The number of halogens is 4. The molecule has 1 aromatic rings. The van der Waals surface area contributed by atoms with Gasteiger partial charge in [-0.1, -0.05) is 11.6 Å². The van der Waals surface area contributed by atoms with Gasteiger partial charge in [-0.3, -0.25) is 9.52 Å². The minimum absolute atomic E-state index is 0. The molecule has 3 rings (SSSR count). The number of nitrogens with zero attached hydrogens (tertiary/aromatic N) is 2. The van der Waals surface area contributed by atoms with Crippen LogP contribution < -0.4 is 9.62 Å². The molecular weight excluding hydrogens is 459 g/mol. The van der Waals surface area contributed by atoms with Crippen LogP contribution in [0.4, 0.5) is 20.6 Å². The molecule has 1 radical (unpaired) electrons. The van der Waals surface area contributed by atoms with E-state index in [9.17, 15) is 22.4 Å². The van der Waals surface area contributed by atoms with Crippen molar-refractivity contribution < 1.29 is 22.4 Å². The Morgan fingerprint density at radius 2 is 1.96 bits per heavy atom. The molecule has 0 spiro atoms. The van der Waals surface area contributed by atoms with Crippen LogP contribution >= 0.6 is 34.8 Å². The molecule has 2 atom stereocenters. The summed E-state index contributed by atoms with van der Waals surface area (Å²) in [5.74, 6) is -1.57. The van der Waals surface area contributed by atoms with Crippen molar-refractivity contribution in [3.63, 3.8) is 0 Å². The molecule has 2 aliphatic rings. The molecular formula is C13H11Cl3FKN3O4S. The maximum Gasteiger partial charge on any atom is 0.332 e. The minimum atomic E-state index is -3.91. The Labute approximate surface area is 206 Å². The van der Waals surface area contributed by atoms with Gasteiger partial charge in [0.05, 0.1) is 21.8 Å². The zero-order valence-electron chi connectivity index (χ0n) is 13.4. The largest absolute Gasteiger partial charge is 0.332 e. The molecule has 0 aromatic heterocycles. The van der Waals surface area contributed by atoms with Crippen molar-refractivity contribution in [2.45, 2.75) is 17.8 Å². The van der Waals surface area contributed by atoms with Crippen LogP contribution in [-0.2, 0) is 14.8 Å². The molecule has 2 heterocycles. The van der Waals surface area contributed by atoms with Crippen LogP contribution in [0.2, 0.25) is 5.02 Å². The summed E-state index contributed by atoms with van der Waals surface area (Å²) in [4.78, 5) is 26.8. The maximum absolute atomic E-state index is 14.3. The zero-order chi connectivity index (χ0) is 18.5. The van der Waals surface area contributed by atoms with Gasteiger partial charge in [0.25, 0.3) is 5.91 Å². The number of anilines is 2. The molecule has 0 saturated carbocycles. The summed E-state index contributed by atoms with van der Waals surface area (Å²) >= 11 is 17.1. The number of benzene rings is 1. The van der Waals surface area contributed by atoms with E-state index in [1.54, 1.807) is 0 Å². The number of sulfonamides is 1. The topological polar surface area (TPSA) is 86.8 Å². The number of alkyl halides is 2. The van der Waals surface area contributed by atoms with E-state index in [1.807, 2.05) is 0 Å². The van der Waals surface area contributed by atoms with Gasteiger partial charge in [0, 0.05) is 57.9 Å². The standard InChI is InChI=1S/C13H11Cl3FN3O4S.K/c14-5-25(23,24)18-9-3-10(8(17)2-7(9)16)20-12(21)11-1-6(15)4-19(11)13(20)22;/h2-3,6,11,18H,1,4-5H2;. The Balaban J connectivity index is 0.00000243. The molecule has 0 aliphatic carbocycles. The monoisotopic (exact) mass is 468 g/mol. The van der Waals surface area contributed by atoms with Crippen LogP contribution in [0.5, 0.6) is 0 Å². The fraction of sp³-hybridized carbons (Fsp3) is 0.385. The Hall–Kier alpha value is 0.346. The third kappa shape index (κ3) is 4.18. The van der Waals surface area contributed by atoms with E-state index in [0.29, 0.717) is 4.90 Å². The normalized spacial score (nSPS) is 22.5. The summed E-state index contributed by atoms with van der Waals surface area (Å²) in [6, 6.07) is 0.327. The second kappa shape index (κ2) is 8.38. The van der Waals surface area contributed by atoms with E-state index in [2.05, 4.69) is 4.72 Å². The summed E-state index contributed by atoms with van der Waals surface area (Å²) in [7, 11) is -3.91. The third-order valence-corrected chi connectivity index (χ3v) is 6.19. The number of rotatable bonds is 4. The van der Waals surface area contributed by atoms with Gasteiger partial charge in [-0.15, -0.1) is 23.2 Å². The number of amides is 3. The van der Waals surface area contributed by atoms with E-state index >= 15 is 0 Å². The Morgan fingerprint density at radius 1 is 1.31 bits per heavy atom. The number of urea groups is 1. The summed E-state index contributed by atoms with van der Waals surface area (Å²) in [6.07, 6.45) is 0.267. The average Bonchev–Trinajstić information content (AvgIpc) is 3.01. The first-order valence-corrected chi connectivity index (χ1v) is 9.99. The molecule has 26 heavy (non-hydrogen) atoms. The molecule has 0 bridgehead atoms. The van der Waals surface area contributed by atoms with Crippen molar-refractivity contribution in [2.24, 2.45) is 0 Å². The fourth-order valence-electron chi connectivity index (χ4n) is 2.81. The Kier molecular flexibility index (Phi) is 7.29. The SMILES string of the molecule is O=C1C2CC(Cl)CN2C(=O)N1c1cc(NS(=O)(=O)CCl)c(Cl)cc1F.[K]. The molecule has 1 aromatic carbocycles. The van der Waals surface area contributed by atoms with Gasteiger partial charge in [0.15, 0.2) is 0 Å². The fourth-order valence-corrected chi connectivity index (χ4v) is 4.10. The number of carbonyl (C=O) groups is 2. The molecule has 2 aliphatic heterocycles. The zero-order valence-corrected chi connectivity index (χ0v) is 19.6. The number of carbonyl (C=O) groups excluding carboxylic acids is 2. The van der Waals surface area contributed by atoms with E-state index < -0.39 is 44.7 Å². The molecule has 13 heteroatoms. The first kappa shape index (κ1) is 22.6. The Morgan fingerprint density at radius 3 is 2.54 bits per heavy atom. The molecule has 7 nitrogen and oxygen atoms in total. The van der Waals surface area contributed by atoms with Crippen LogP contribution in [0.1, 0.15) is 6.42 Å². The van der Waals surface area contributed by atoms with Gasteiger partial charge in [0.2, 0.25) is 10.0 Å². The summed E-state index contributed by atoms with van der Waals surface area (Å²) in [5.41, 5.74) is -0.589. The summed E-state index contributed by atoms with van der Waals surface area (Å²) < 4.78 is 39.6. The van der Waals surface area contributed by atoms with Crippen LogP contribution in [0.3, 0.4) is 0 Å². The van der Waals surface area contributed by atoms with E-state index in [4.69, 9.17) is 34.8 Å². The van der Waals surface area contributed by atoms with Crippen molar-refractivity contribution in [2.75, 3.05) is 21.4 Å². The van der Waals surface area contributed by atoms with Gasteiger partial charge in [-0.25, -0.2) is 22.5 Å². The van der Waals surface area contributed by atoms with Crippen molar-refractivity contribution in [3.05, 3.63) is 23.0 Å². The Bertz CT molecular complexity index is 848. The van der Waals surface area contributed by atoms with E-state index in [0.717, 1.165) is 12.1 Å². The van der Waals surface area contributed by atoms with Crippen LogP contribution in [-0.4, -0.2) is 99.8 Å². The molecule has 2 unspecified atom stereocenters. The van der Waals surface area contributed by atoms with Gasteiger partial charge in [-0.2, -0.15) is 0 Å². The number of nitrogens with one attached hydrogen (secondary N) is 1. The molecule has 2 fully saturated rings. The van der Waals surface area contributed by atoms with Crippen molar-refractivity contribution >= 4 is 120 Å². The molecule has 3 amide bonds. The maximum atomic E-state index is 14.3. The van der Waals surface area contributed by atoms with E-state index in [-0.39, 0.29) is 80.4 Å². The van der Waals surface area contributed by atoms with Crippen LogP contribution in [0.25, 0.3) is 0 Å². The number of fused-ring (bicyclic) bond motifs is 1. The van der Waals surface area contributed by atoms with Gasteiger partial charge in [0.1, 0.15) is 17.1 Å². The average molecular weight is 470 g/mol. The summed E-state index contributed by atoms with van der Waals surface area (Å²) in [5, 5.41) is -1.33. The van der Waals surface area contributed by atoms with Crippen LogP contribution in [0, 0.1) is 5.82 Å². The first-order valence-electron chi connectivity index (χ1n) is 6.98. The predicted octanol–water partition coefficient (Wildman–Crippen LogP) is 2.18. The number of imide groups is 1. The van der Waals surface area contributed by atoms with Gasteiger partial charge in [-0.05, 0) is 18.6 Å². The number of hydrogen-bond acceptors (Lipinski definition) is 4. The molecule has 2 saturated heterocycles. The van der Waals surface area contributed by atoms with Crippen molar-refractivity contribution in [3.8, 4) is 0 Å². The first-order chi connectivity index (χ1) is 11.6. The molecule has 1 N–H and O–H groups in total. The quantitative estimate of drug-likeness (QED) is 0.416. The van der Waals surface area contributed by atoms with Crippen LogP contribution in [0.15, 0.2) is 12.1 Å². The summed E-state index contributed by atoms with van der Waals surface area (Å²) in [6.45, 7) is 0.175. The van der Waals surface area contributed by atoms with Crippen molar-refractivity contribution in [1.82, 2.24) is 4.90 Å². The second-order valence-corrected chi connectivity index (χ2v) is 8.90. The number of hydrogen-bond donors (Lipinski definition) is 1. The second-order valence-electron chi connectivity index (χ2n) is 5.57. The minimum Gasteiger partial charge on any atom is -0.310 e. The molecule has 137 valence electrons. The van der Waals surface area contributed by atoms with Gasteiger partial charge >= 0.3 is 6.03 Å². The third-order valence-electron chi connectivity index (χ3n) is 3.88. The predicted molar refractivity (Wildman–Crippen MR) is 98.1 cm³/mol.